The Kier molecular flexibility index (Phi) is 3.40. The monoisotopic (exact) mass is 228 g/mol. The van der Waals surface area contributed by atoms with E-state index in [1.54, 1.807) is 6.20 Å². The summed E-state index contributed by atoms with van der Waals surface area (Å²) in [4.78, 5) is 4.19. The Bertz CT molecular complexity index is 523. The van der Waals surface area contributed by atoms with E-state index in [0.29, 0.717) is 6.54 Å². The molecule has 0 aliphatic carbocycles. The smallest absolute Gasteiger partial charge is 0.150 e. The van der Waals surface area contributed by atoms with Gasteiger partial charge in [-0.1, -0.05) is 17.7 Å². The number of rotatable bonds is 3. The number of hydrogen-bond donors (Lipinski definition) is 1. The van der Waals surface area contributed by atoms with Gasteiger partial charge in [0.05, 0.1) is 5.69 Å². The Morgan fingerprint density at radius 3 is 2.71 bits per heavy atom. The summed E-state index contributed by atoms with van der Waals surface area (Å²) in [5.41, 5.74) is 8.73. The molecule has 3 heteroatoms. The largest absolute Gasteiger partial charge is 0.455 e. The van der Waals surface area contributed by atoms with Gasteiger partial charge in [0.25, 0.3) is 0 Å². The number of benzene rings is 1. The van der Waals surface area contributed by atoms with Crippen LogP contribution in [0.4, 0.5) is 0 Å². The van der Waals surface area contributed by atoms with Gasteiger partial charge < -0.3 is 10.5 Å². The molecule has 0 amide bonds. The van der Waals surface area contributed by atoms with Gasteiger partial charge in [0.1, 0.15) is 11.5 Å². The highest BCUT2D eigenvalue weighted by molar-refractivity contribution is 5.40. The van der Waals surface area contributed by atoms with Crippen molar-refractivity contribution < 1.29 is 4.74 Å². The summed E-state index contributed by atoms with van der Waals surface area (Å²) in [6, 6.07) is 9.82. The number of ether oxygens (including phenoxy) is 1. The molecule has 0 spiro atoms. The van der Waals surface area contributed by atoms with Crippen LogP contribution < -0.4 is 10.5 Å². The van der Waals surface area contributed by atoms with E-state index in [2.05, 4.69) is 18.0 Å². The molecule has 0 atom stereocenters. The summed E-state index contributed by atoms with van der Waals surface area (Å²) < 4.78 is 5.84. The molecule has 0 bridgehead atoms. The van der Waals surface area contributed by atoms with Crippen molar-refractivity contribution in [2.45, 2.75) is 20.4 Å². The van der Waals surface area contributed by atoms with Crippen molar-refractivity contribution in [2.75, 3.05) is 0 Å². The van der Waals surface area contributed by atoms with Crippen LogP contribution in [0.5, 0.6) is 11.5 Å². The van der Waals surface area contributed by atoms with Gasteiger partial charge in [-0.2, -0.15) is 0 Å². The number of aromatic nitrogens is 1. The molecule has 3 nitrogen and oxygen atoms in total. The van der Waals surface area contributed by atoms with E-state index in [-0.39, 0.29) is 0 Å². The minimum absolute atomic E-state index is 0.376. The normalized spacial score (nSPS) is 10.3. The van der Waals surface area contributed by atoms with Gasteiger partial charge in [0.15, 0.2) is 0 Å². The first kappa shape index (κ1) is 11.6. The van der Waals surface area contributed by atoms with Crippen LogP contribution in [-0.4, -0.2) is 4.98 Å². The molecule has 1 aromatic heterocycles. The van der Waals surface area contributed by atoms with Gasteiger partial charge in [0, 0.05) is 12.7 Å². The average molecular weight is 228 g/mol. The molecule has 2 aromatic rings. The van der Waals surface area contributed by atoms with Gasteiger partial charge in [-0.05, 0) is 37.6 Å². The second kappa shape index (κ2) is 4.97. The molecule has 0 saturated carbocycles. The highest BCUT2D eigenvalue weighted by Crippen LogP contribution is 2.27. The molecule has 0 radical (unpaired) electrons. The molecule has 17 heavy (non-hydrogen) atoms. The molecule has 0 saturated heterocycles. The van der Waals surface area contributed by atoms with Crippen molar-refractivity contribution >= 4 is 0 Å². The van der Waals surface area contributed by atoms with Gasteiger partial charge in [-0.15, -0.1) is 0 Å². The first-order chi connectivity index (χ1) is 8.20. The predicted octanol–water partition coefficient (Wildman–Crippen LogP) is 2.95. The quantitative estimate of drug-likeness (QED) is 0.878. The summed E-state index contributed by atoms with van der Waals surface area (Å²) in [6.45, 7) is 4.47. The molecule has 0 aliphatic heterocycles. The third-order valence-electron chi connectivity index (χ3n) is 2.59. The maximum atomic E-state index is 5.84. The lowest BCUT2D eigenvalue weighted by molar-refractivity contribution is 0.469. The minimum Gasteiger partial charge on any atom is -0.455 e. The third-order valence-corrected chi connectivity index (χ3v) is 2.59. The van der Waals surface area contributed by atoms with Crippen molar-refractivity contribution in [1.29, 1.82) is 0 Å². The van der Waals surface area contributed by atoms with Gasteiger partial charge in [0.2, 0.25) is 0 Å². The van der Waals surface area contributed by atoms with Crippen molar-refractivity contribution in [2.24, 2.45) is 5.73 Å². The van der Waals surface area contributed by atoms with E-state index >= 15 is 0 Å². The van der Waals surface area contributed by atoms with E-state index in [9.17, 15) is 0 Å². The van der Waals surface area contributed by atoms with Crippen LogP contribution in [0, 0.1) is 13.8 Å². The number of nitrogens with two attached hydrogens (primary N) is 1. The number of aryl methyl sites for hydroxylation is 2. The number of pyridine rings is 1. The fourth-order valence-corrected chi connectivity index (χ4v) is 1.70. The summed E-state index contributed by atoms with van der Waals surface area (Å²) in [6.07, 6.45) is 1.72. The molecule has 1 heterocycles. The van der Waals surface area contributed by atoms with E-state index < -0.39 is 0 Å². The zero-order chi connectivity index (χ0) is 12.3. The Morgan fingerprint density at radius 1 is 1.18 bits per heavy atom. The predicted molar refractivity (Wildman–Crippen MR) is 68.1 cm³/mol. The zero-order valence-electron chi connectivity index (χ0n) is 10.1. The second-order valence-electron chi connectivity index (χ2n) is 4.02. The maximum absolute atomic E-state index is 5.84. The van der Waals surface area contributed by atoms with Crippen molar-refractivity contribution in [3.8, 4) is 11.5 Å². The minimum atomic E-state index is 0.376. The van der Waals surface area contributed by atoms with Gasteiger partial charge in [-0.25, -0.2) is 0 Å². The topological polar surface area (TPSA) is 48.1 Å². The second-order valence-corrected chi connectivity index (χ2v) is 4.02. The van der Waals surface area contributed by atoms with Crippen LogP contribution in [0.2, 0.25) is 0 Å². The molecule has 0 fully saturated rings. The van der Waals surface area contributed by atoms with E-state index in [4.69, 9.17) is 10.5 Å². The fourth-order valence-electron chi connectivity index (χ4n) is 1.70. The Hall–Kier alpha value is -1.87. The molecule has 2 N–H and O–H groups in total. The van der Waals surface area contributed by atoms with Crippen LogP contribution >= 0.6 is 0 Å². The Balaban J connectivity index is 2.31. The van der Waals surface area contributed by atoms with E-state index in [1.165, 1.54) is 5.56 Å². The zero-order valence-corrected chi connectivity index (χ0v) is 10.1. The third kappa shape index (κ3) is 2.63. The van der Waals surface area contributed by atoms with Crippen molar-refractivity contribution in [3.63, 3.8) is 0 Å². The maximum Gasteiger partial charge on any atom is 0.150 e. The molecule has 1 aromatic carbocycles. The van der Waals surface area contributed by atoms with E-state index in [1.807, 2.05) is 31.2 Å². The highest BCUT2D eigenvalue weighted by Gasteiger charge is 2.06. The van der Waals surface area contributed by atoms with Crippen molar-refractivity contribution in [3.05, 3.63) is 53.3 Å². The summed E-state index contributed by atoms with van der Waals surface area (Å²) in [7, 11) is 0. The molecule has 88 valence electrons. The summed E-state index contributed by atoms with van der Waals surface area (Å²) >= 11 is 0. The Morgan fingerprint density at radius 2 is 2.00 bits per heavy atom. The molecule has 0 aliphatic rings. The highest BCUT2D eigenvalue weighted by atomic mass is 16.5. The van der Waals surface area contributed by atoms with Crippen LogP contribution in [0.1, 0.15) is 16.8 Å². The van der Waals surface area contributed by atoms with Gasteiger partial charge in [-0.3, -0.25) is 4.98 Å². The molecule has 2 rings (SSSR count). The summed E-state index contributed by atoms with van der Waals surface area (Å²) in [5, 5.41) is 0. The van der Waals surface area contributed by atoms with Crippen LogP contribution in [0.15, 0.2) is 36.5 Å². The Labute approximate surface area is 101 Å². The fraction of sp³-hybridized carbons (Fsp3) is 0.214. The summed E-state index contributed by atoms with van der Waals surface area (Å²) in [5.74, 6) is 1.57. The molecular weight excluding hydrogens is 212 g/mol. The number of hydrogen-bond acceptors (Lipinski definition) is 3. The van der Waals surface area contributed by atoms with Crippen LogP contribution in [-0.2, 0) is 6.54 Å². The SMILES string of the molecule is Cc1ccc(Oc2cccnc2CN)c(C)c1. The average Bonchev–Trinajstić information content (AvgIpc) is 2.33. The lowest BCUT2D eigenvalue weighted by Crippen LogP contribution is -2.02. The molecular formula is C14H16N2O. The number of nitrogens with zero attached hydrogens (tertiary/aromatic N) is 1. The standard InChI is InChI=1S/C14H16N2O/c1-10-5-6-13(11(2)8-10)17-14-4-3-7-16-12(14)9-15/h3-8H,9,15H2,1-2H3. The van der Waals surface area contributed by atoms with Crippen LogP contribution in [0.25, 0.3) is 0 Å². The van der Waals surface area contributed by atoms with Crippen molar-refractivity contribution in [1.82, 2.24) is 4.98 Å². The van der Waals surface area contributed by atoms with Gasteiger partial charge >= 0.3 is 0 Å². The first-order valence-electron chi connectivity index (χ1n) is 5.60. The van der Waals surface area contributed by atoms with E-state index in [0.717, 1.165) is 22.8 Å². The molecule has 0 unspecified atom stereocenters. The van der Waals surface area contributed by atoms with Crippen LogP contribution in [0.3, 0.4) is 0 Å². The lowest BCUT2D eigenvalue weighted by atomic mass is 10.1. The first-order valence-corrected chi connectivity index (χ1v) is 5.60. The lowest BCUT2D eigenvalue weighted by Gasteiger charge is -2.11.